The number of amides is 2. The van der Waals surface area contributed by atoms with E-state index >= 15 is 0 Å². The maximum absolute atomic E-state index is 12.3. The molecule has 22 heavy (non-hydrogen) atoms. The molecule has 0 bridgehead atoms. The van der Waals surface area contributed by atoms with E-state index in [1.807, 2.05) is 32.6 Å². The molecule has 0 aromatic carbocycles. The normalized spacial score (nSPS) is 16.8. The second kappa shape index (κ2) is 7.13. The number of urea groups is 1. The second-order valence-corrected chi connectivity index (χ2v) is 6.49. The maximum atomic E-state index is 12.3. The van der Waals surface area contributed by atoms with Crippen LogP contribution in [0, 0.1) is 13.8 Å². The first-order chi connectivity index (χ1) is 10.4. The van der Waals surface area contributed by atoms with Gasteiger partial charge in [0.1, 0.15) is 0 Å². The van der Waals surface area contributed by atoms with E-state index in [-0.39, 0.29) is 12.1 Å². The van der Waals surface area contributed by atoms with Crippen LogP contribution in [0.1, 0.15) is 36.7 Å². The van der Waals surface area contributed by atoms with Gasteiger partial charge in [-0.2, -0.15) is 5.10 Å². The van der Waals surface area contributed by atoms with Crippen LogP contribution in [0.4, 0.5) is 4.79 Å². The van der Waals surface area contributed by atoms with Crippen molar-refractivity contribution in [3.05, 3.63) is 17.0 Å². The number of nitrogens with one attached hydrogen (secondary N) is 1. The van der Waals surface area contributed by atoms with Gasteiger partial charge in [-0.25, -0.2) is 4.79 Å². The van der Waals surface area contributed by atoms with Gasteiger partial charge in [0.05, 0.1) is 12.2 Å². The Morgan fingerprint density at radius 2 is 2.00 bits per heavy atom. The lowest BCUT2D eigenvalue weighted by atomic mass is 10.2. The molecule has 0 spiro atoms. The zero-order valence-corrected chi connectivity index (χ0v) is 14.5. The fourth-order valence-corrected chi connectivity index (χ4v) is 3.07. The van der Waals surface area contributed by atoms with Crippen LogP contribution in [0.15, 0.2) is 0 Å². The SMILES string of the molecule is Cc1nn(C)c(C)c1CN(C)C(=O)N[C@@H](C)CN1CCCC1. The fraction of sp³-hybridized carbons (Fsp3) is 0.750. The van der Waals surface area contributed by atoms with Gasteiger partial charge < -0.3 is 15.1 Å². The summed E-state index contributed by atoms with van der Waals surface area (Å²) in [7, 11) is 3.77. The summed E-state index contributed by atoms with van der Waals surface area (Å²) in [6, 6.07) is 0.151. The molecule has 1 aliphatic rings. The number of hydrogen-bond donors (Lipinski definition) is 1. The maximum Gasteiger partial charge on any atom is 0.317 e. The Kier molecular flexibility index (Phi) is 5.45. The highest BCUT2D eigenvalue weighted by Gasteiger charge is 2.19. The van der Waals surface area contributed by atoms with Crippen molar-refractivity contribution >= 4 is 6.03 Å². The minimum Gasteiger partial charge on any atom is -0.334 e. The molecule has 6 heteroatoms. The van der Waals surface area contributed by atoms with Gasteiger partial charge in [0, 0.05) is 37.9 Å². The molecule has 1 saturated heterocycles. The molecule has 1 aliphatic heterocycles. The van der Waals surface area contributed by atoms with Crippen molar-refractivity contribution in [2.45, 2.75) is 46.2 Å². The number of rotatable bonds is 5. The largest absolute Gasteiger partial charge is 0.334 e. The molecule has 1 atom stereocenters. The number of nitrogens with zero attached hydrogens (tertiary/aromatic N) is 4. The van der Waals surface area contributed by atoms with Crippen LogP contribution >= 0.6 is 0 Å². The monoisotopic (exact) mass is 307 g/mol. The van der Waals surface area contributed by atoms with Gasteiger partial charge in [-0.1, -0.05) is 0 Å². The van der Waals surface area contributed by atoms with E-state index in [0.29, 0.717) is 6.54 Å². The quantitative estimate of drug-likeness (QED) is 0.900. The molecule has 124 valence electrons. The number of carbonyl (C=O) groups excluding carboxylic acids is 1. The lowest BCUT2D eigenvalue weighted by molar-refractivity contribution is 0.198. The summed E-state index contributed by atoms with van der Waals surface area (Å²) in [6.07, 6.45) is 2.56. The average Bonchev–Trinajstić information content (AvgIpc) is 3.02. The Morgan fingerprint density at radius 3 is 2.55 bits per heavy atom. The highest BCUT2D eigenvalue weighted by atomic mass is 16.2. The predicted octanol–water partition coefficient (Wildman–Crippen LogP) is 1.66. The number of carbonyl (C=O) groups is 1. The van der Waals surface area contributed by atoms with Crippen molar-refractivity contribution < 1.29 is 4.79 Å². The lowest BCUT2D eigenvalue weighted by Gasteiger charge is -2.24. The summed E-state index contributed by atoms with van der Waals surface area (Å²) >= 11 is 0. The molecule has 0 unspecified atom stereocenters. The summed E-state index contributed by atoms with van der Waals surface area (Å²) in [5.41, 5.74) is 3.24. The summed E-state index contributed by atoms with van der Waals surface area (Å²) in [4.78, 5) is 16.5. The van der Waals surface area contributed by atoms with Gasteiger partial charge in [0.25, 0.3) is 0 Å². The van der Waals surface area contributed by atoms with Gasteiger partial charge in [-0.3, -0.25) is 4.68 Å². The third-order valence-corrected chi connectivity index (χ3v) is 4.50. The van der Waals surface area contributed by atoms with Crippen LogP contribution in [0.2, 0.25) is 0 Å². The molecular weight excluding hydrogens is 278 g/mol. The third kappa shape index (κ3) is 4.00. The standard InChI is InChI=1S/C16H29N5O/c1-12(10-21-8-6-7-9-21)17-16(22)19(4)11-15-13(2)18-20(5)14(15)3/h12H,6-11H2,1-5H3,(H,17,22)/t12-/m0/s1. The van der Waals surface area contributed by atoms with Crippen LogP contribution in [0.5, 0.6) is 0 Å². The van der Waals surface area contributed by atoms with Gasteiger partial charge in [0.15, 0.2) is 0 Å². The molecule has 2 amide bonds. The van der Waals surface area contributed by atoms with Crippen molar-refractivity contribution in [3.8, 4) is 0 Å². The zero-order chi connectivity index (χ0) is 16.3. The molecule has 0 aliphatic carbocycles. The molecule has 1 fully saturated rings. The highest BCUT2D eigenvalue weighted by molar-refractivity contribution is 5.74. The van der Waals surface area contributed by atoms with Crippen LogP contribution in [-0.4, -0.2) is 58.3 Å². The van der Waals surface area contributed by atoms with Crippen molar-refractivity contribution in [1.29, 1.82) is 0 Å². The molecular formula is C16H29N5O. The van der Waals surface area contributed by atoms with E-state index in [4.69, 9.17) is 0 Å². The van der Waals surface area contributed by atoms with Crippen molar-refractivity contribution in [2.75, 3.05) is 26.7 Å². The van der Waals surface area contributed by atoms with E-state index < -0.39 is 0 Å². The first-order valence-electron chi connectivity index (χ1n) is 8.11. The predicted molar refractivity (Wildman–Crippen MR) is 87.8 cm³/mol. The van der Waals surface area contributed by atoms with E-state index in [2.05, 4.69) is 22.2 Å². The molecule has 1 N–H and O–H groups in total. The lowest BCUT2D eigenvalue weighted by Crippen LogP contribution is -2.46. The van der Waals surface area contributed by atoms with Crippen LogP contribution in [0.3, 0.4) is 0 Å². The number of hydrogen-bond acceptors (Lipinski definition) is 3. The Hall–Kier alpha value is -1.56. The second-order valence-electron chi connectivity index (χ2n) is 6.49. The molecule has 2 heterocycles. The molecule has 0 radical (unpaired) electrons. The molecule has 1 aromatic heterocycles. The van der Waals surface area contributed by atoms with Crippen LogP contribution in [-0.2, 0) is 13.6 Å². The first kappa shape index (κ1) is 16.8. The molecule has 2 rings (SSSR count). The van der Waals surface area contributed by atoms with E-state index in [1.54, 1.807) is 4.90 Å². The summed E-state index contributed by atoms with van der Waals surface area (Å²) in [5.74, 6) is 0. The van der Waals surface area contributed by atoms with Gasteiger partial charge in [0.2, 0.25) is 0 Å². The smallest absolute Gasteiger partial charge is 0.317 e. The first-order valence-corrected chi connectivity index (χ1v) is 8.11. The summed E-state index contributed by atoms with van der Waals surface area (Å²) in [6.45, 7) is 9.94. The molecule has 6 nitrogen and oxygen atoms in total. The van der Waals surface area contributed by atoms with Crippen molar-refractivity contribution in [2.24, 2.45) is 7.05 Å². The van der Waals surface area contributed by atoms with E-state index in [9.17, 15) is 4.79 Å². The number of aromatic nitrogens is 2. The van der Waals surface area contributed by atoms with Crippen molar-refractivity contribution in [3.63, 3.8) is 0 Å². The Morgan fingerprint density at radius 1 is 1.36 bits per heavy atom. The average molecular weight is 307 g/mol. The van der Waals surface area contributed by atoms with Crippen molar-refractivity contribution in [1.82, 2.24) is 24.9 Å². The topological polar surface area (TPSA) is 53.4 Å². The van der Waals surface area contributed by atoms with E-state index in [1.165, 1.54) is 12.8 Å². The third-order valence-electron chi connectivity index (χ3n) is 4.50. The van der Waals surface area contributed by atoms with Crippen LogP contribution in [0.25, 0.3) is 0 Å². The Balaban J connectivity index is 1.86. The molecule has 0 saturated carbocycles. The summed E-state index contributed by atoms with van der Waals surface area (Å²) < 4.78 is 1.87. The minimum atomic E-state index is -0.0191. The van der Waals surface area contributed by atoms with Gasteiger partial charge >= 0.3 is 6.03 Å². The van der Waals surface area contributed by atoms with Crippen LogP contribution < -0.4 is 5.32 Å². The fourth-order valence-electron chi connectivity index (χ4n) is 3.07. The minimum absolute atomic E-state index is 0.0191. The number of aryl methyl sites for hydroxylation is 2. The summed E-state index contributed by atoms with van der Waals surface area (Å²) in [5, 5.41) is 7.49. The van der Waals surface area contributed by atoms with Gasteiger partial charge in [-0.15, -0.1) is 0 Å². The Labute approximate surface area is 133 Å². The number of likely N-dealkylation sites (tertiary alicyclic amines) is 1. The molecule has 1 aromatic rings. The van der Waals surface area contributed by atoms with E-state index in [0.717, 1.165) is 36.6 Å². The zero-order valence-electron chi connectivity index (χ0n) is 14.5. The Bertz CT molecular complexity index is 519. The highest BCUT2D eigenvalue weighted by Crippen LogP contribution is 2.14. The van der Waals surface area contributed by atoms with Gasteiger partial charge in [-0.05, 0) is 46.7 Å².